The lowest BCUT2D eigenvalue weighted by atomic mass is 9.88. The first-order chi connectivity index (χ1) is 15.0. The minimum Gasteiger partial charge on any atom is -0.304 e. The summed E-state index contributed by atoms with van der Waals surface area (Å²) in [4.78, 5) is 18.5. The van der Waals surface area contributed by atoms with Crippen LogP contribution >= 0.6 is 0 Å². The predicted molar refractivity (Wildman–Crippen MR) is 101 cm³/mol. The van der Waals surface area contributed by atoms with Crippen LogP contribution in [0.4, 0.5) is 32.0 Å². The van der Waals surface area contributed by atoms with Crippen molar-refractivity contribution in [2.24, 2.45) is 0 Å². The van der Waals surface area contributed by atoms with E-state index in [2.05, 4.69) is 4.98 Å². The molecular formula is C21H19F6N3O2. The van der Waals surface area contributed by atoms with Gasteiger partial charge < -0.3 is 9.64 Å². The van der Waals surface area contributed by atoms with Gasteiger partial charge in [-0.25, -0.2) is 4.39 Å². The molecule has 0 atom stereocenters. The van der Waals surface area contributed by atoms with Crippen molar-refractivity contribution in [1.82, 2.24) is 9.88 Å². The SMILES string of the molecule is O=C1N(c2ccc(F)cc2)CC2(CCN(Cc3ccc(C(F)(F)F)nc3)CC2)OC1(F)F. The summed E-state index contributed by atoms with van der Waals surface area (Å²) < 4.78 is 85.0. The summed E-state index contributed by atoms with van der Waals surface area (Å²) in [6.07, 6.45) is -7.03. The third kappa shape index (κ3) is 4.58. The normalized spacial score (nSPS) is 21.2. The topological polar surface area (TPSA) is 45.7 Å². The lowest BCUT2D eigenvalue weighted by molar-refractivity contribution is -0.293. The Bertz CT molecular complexity index is 971. The third-order valence-electron chi connectivity index (χ3n) is 5.71. The molecule has 0 aliphatic carbocycles. The van der Waals surface area contributed by atoms with Crippen molar-refractivity contribution in [3.63, 3.8) is 0 Å². The molecule has 1 spiro atoms. The van der Waals surface area contributed by atoms with Gasteiger partial charge in [-0.2, -0.15) is 22.0 Å². The second kappa shape index (κ2) is 8.04. The minimum atomic E-state index is -4.52. The van der Waals surface area contributed by atoms with Crippen LogP contribution in [0.2, 0.25) is 0 Å². The van der Waals surface area contributed by atoms with Crippen LogP contribution in [0.1, 0.15) is 24.1 Å². The Hall–Kier alpha value is -2.66. The van der Waals surface area contributed by atoms with E-state index in [0.717, 1.165) is 29.3 Å². The summed E-state index contributed by atoms with van der Waals surface area (Å²) in [6.45, 7) is 0.867. The number of alkyl halides is 5. The first-order valence-electron chi connectivity index (χ1n) is 9.88. The second-order valence-corrected chi connectivity index (χ2v) is 8.00. The molecule has 1 amide bonds. The zero-order chi connectivity index (χ0) is 23.1. The van der Waals surface area contributed by atoms with Gasteiger partial charge in [0.05, 0.1) is 12.1 Å². The smallest absolute Gasteiger partial charge is 0.304 e. The average molecular weight is 459 g/mol. The van der Waals surface area contributed by atoms with Crippen LogP contribution in [0.5, 0.6) is 0 Å². The molecular weight excluding hydrogens is 440 g/mol. The molecule has 2 fully saturated rings. The van der Waals surface area contributed by atoms with Crippen molar-refractivity contribution in [2.45, 2.75) is 37.3 Å². The van der Waals surface area contributed by atoms with Gasteiger partial charge in [-0.15, -0.1) is 0 Å². The Balaban J connectivity index is 1.44. The van der Waals surface area contributed by atoms with E-state index in [1.165, 1.54) is 18.2 Å². The number of morpholine rings is 1. The van der Waals surface area contributed by atoms with Crippen molar-refractivity contribution in [1.29, 1.82) is 0 Å². The van der Waals surface area contributed by atoms with Crippen molar-refractivity contribution in [3.05, 3.63) is 59.7 Å². The Kier molecular flexibility index (Phi) is 5.66. The molecule has 0 saturated carbocycles. The number of rotatable bonds is 3. The number of benzene rings is 1. The number of aromatic nitrogens is 1. The minimum absolute atomic E-state index is 0.108. The summed E-state index contributed by atoms with van der Waals surface area (Å²) in [6, 6.07) is 6.93. The van der Waals surface area contributed by atoms with E-state index in [4.69, 9.17) is 4.74 Å². The molecule has 2 aromatic rings. The first kappa shape index (κ1) is 22.5. The highest BCUT2D eigenvalue weighted by molar-refractivity contribution is 5.98. The number of carbonyl (C=O) groups is 1. The Morgan fingerprint density at radius 2 is 1.69 bits per heavy atom. The summed E-state index contributed by atoms with van der Waals surface area (Å²) in [5.41, 5.74) is -1.56. The summed E-state index contributed by atoms with van der Waals surface area (Å²) in [5, 5.41) is 0. The number of ether oxygens (including phenoxy) is 1. The maximum absolute atomic E-state index is 14.4. The quantitative estimate of drug-likeness (QED) is 0.645. The second-order valence-electron chi connectivity index (χ2n) is 8.00. The molecule has 11 heteroatoms. The van der Waals surface area contributed by atoms with E-state index in [-0.39, 0.29) is 25.1 Å². The summed E-state index contributed by atoms with van der Waals surface area (Å²) in [7, 11) is 0. The van der Waals surface area contributed by atoms with E-state index in [9.17, 15) is 31.1 Å². The lowest BCUT2D eigenvalue weighted by Crippen LogP contribution is -2.64. The van der Waals surface area contributed by atoms with E-state index < -0.39 is 35.3 Å². The number of anilines is 1. The van der Waals surface area contributed by atoms with Crippen LogP contribution in [-0.4, -0.2) is 47.1 Å². The van der Waals surface area contributed by atoms with Gasteiger partial charge in [-0.1, -0.05) is 6.07 Å². The highest BCUT2D eigenvalue weighted by Gasteiger charge is 2.57. The van der Waals surface area contributed by atoms with E-state index in [0.29, 0.717) is 25.2 Å². The van der Waals surface area contributed by atoms with Crippen LogP contribution < -0.4 is 4.90 Å². The van der Waals surface area contributed by atoms with E-state index >= 15 is 0 Å². The maximum atomic E-state index is 14.4. The third-order valence-corrected chi connectivity index (χ3v) is 5.71. The van der Waals surface area contributed by atoms with E-state index in [1.54, 1.807) is 0 Å². The highest BCUT2D eigenvalue weighted by atomic mass is 19.4. The summed E-state index contributed by atoms with van der Waals surface area (Å²) >= 11 is 0. The Labute approximate surface area is 179 Å². The zero-order valence-corrected chi connectivity index (χ0v) is 16.7. The average Bonchev–Trinajstić information content (AvgIpc) is 2.73. The number of nitrogens with zero attached hydrogens (tertiary/aromatic N) is 3. The molecule has 1 aromatic heterocycles. The molecule has 2 aliphatic rings. The number of carbonyl (C=O) groups excluding carboxylic acids is 1. The van der Waals surface area contributed by atoms with Crippen molar-refractivity contribution in [2.75, 3.05) is 24.5 Å². The van der Waals surface area contributed by atoms with Crippen LogP contribution in [0.3, 0.4) is 0 Å². The van der Waals surface area contributed by atoms with Gasteiger partial charge >= 0.3 is 18.2 Å². The highest BCUT2D eigenvalue weighted by Crippen LogP contribution is 2.40. The molecule has 1 aromatic carbocycles. The van der Waals surface area contributed by atoms with Gasteiger partial charge in [0.15, 0.2) is 0 Å². The fourth-order valence-electron chi connectivity index (χ4n) is 4.02. The van der Waals surface area contributed by atoms with E-state index in [1.807, 2.05) is 4.90 Å². The van der Waals surface area contributed by atoms with Gasteiger partial charge in [0.25, 0.3) is 0 Å². The largest absolute Gasteiger partial charge is 0.437 e. The molecule has 32 heavy (non-hydrogen) atoms. The number of piperidine rings is 1. The van der Waals surface area contributed by atoms with Gasteiger partial charge in [0, 0.05) is 31.5 Å². The number of pyridine rings is 1. The molecule has 0 bridgehead atoms. The summed E-state index contributed by atoms with van der Waals surface area (Å²) in [5.74, 6) is -2.06. The predicted octanol–water partition coefficient (Wildman–Crippen LogP) is 4.23. The fourth-order valence-corrected chi connectivity index (χ4v) is 4.02. The number of hydrogen-bond donors (Lipinski definition) is 0. The van der Waals surface area contributed by atoms with Gasteiger partial charge in [-0.05, 0) is 48.7 Å². The molecule has 172 valence electrons. The molecule has 0 unspecified atom stereocenters. The van der Waals surface area contributed by atoms with Crippen molar-refractivity contribution < 1.29 is 35.9 Å². The van der Waals surface area contributed by atoms with Crippen LogP contribution in [0, 0.1) is 5.82 Å². The molecule has 4 rings (SSSR count). The van der Waals surface area contributed by atoms with Crippen LogP contribution in [0.25, 0.3) is 0 Å². The molecule has 0 N–H and O–H groups in total. The maximum Gasteiger partial charge on any atom is 0.437 e. The monoisotopic (exact) mass is 459 g/mol. The zero-order valence-electron chi connectivity index (χ0n) is 16.7. The number of hydrogen-bond acceptors (Lipinski definition) is 4. The number of likely N-dealkylation sites (tertiary alicyclic amines) is 1. The van der Waals surface area contributed by atoms with Crippen molar-refractivity contribution in [3.8, 4) is 0 Å². The molecule has 2 saturated heterocycles. The Morgan fingerprint density at radius 3 is 2.25 bits per heavy atom. The van der Waals surface area contributed by atoms with Crippen molar-refractivity contribution >= 4 is 11.6 Å². The van der Waals surface area contributed by atoms with Gasteiger partial charge in [-0.3, -0.25) is 14.7 Å². The fraction of sp³-hybridized carbons (Fsp3) is 0.429. The lowest BCUT2D eigenvalue weighted by Gasteiger charge is -2.48. The molecule has 2 aliphatic heterocycles. The molecule has 0 radical (unpaired) electrons. The standard InChI is InChI=1S/C21H19F6N3O2/c22-15-2-4-16(5-3-15)30-13-19(32-21(26,27)18(30)31)7-9-29(10-8-19)12-14-1-6-17(28-11-14)20(23,24)25/h1-6,11H,7-10,12-13H2. The number of halogens is 6. The Morgan fingerprint density at radius 1 is 1.03 bits per heavy atom. The number of amides is 1. The molecule has 5 nitrogen and oxygen atoms in total. The van der Waals surface area contributed by atoms with Crippen LogP contribution in [-0.2, 0) is 22.3 Å². The van der Waals surface area contributed by atoms with Gasteiger partial charge in [0.2, 0.25) is 0 Å². The first-order valence-corrected chi connectivity index (χ1v) is 9.88. The molecule has 3 heterocycles. The van der Waals surface area contributed by atoms with Crippen LogP contribution in [0.15, 0.2) is 42.6 Å². The van der Waals surface area contributed by atoms with Gasteiger partial charge in [0.1, 0.15) is 11.5 Å².